The fraction of sp³-hybridized carbons (Fsp3) is 0.0909. The molecule has 1 aliphatic heterocycles. The van der Waals surface area contributed by atoms with Crippen molar-refractivity contribution in [2.24, 2.45) is 0 Å². The van der Waals surface area contributed by atoms with E-state index in [9.17, 15) is 14.7 Å². The predicted octanol–water partition coefficient (Wildman–Crippen LogP) is 7.06. The zero-order valence-corrected chi connectivity index (χ0v) is 18.8. The minimum atomic E-state index is -0.616. The smallest absolute Gasteiger partial charge is 0.338 e. The van der Waals surface area contributed by atoms with Crippen LogP contribution in [0.15, 0.2) is 45.6 Å². The van der Waals surface area contributed by atoms with E-state index in [1.807, 2.05) is 0 Å². The monoisotopic (exact) mass is 496 g/mol. The fourth-order valence-corrected chi connectivity index (χ4v) is 3.98. The number of carbonyl (C=O) groups is 1. The average molecular weight is 498 g/mol. The molecule has 0 aromatic heterocycles. The quantitative estimate of drug-likeness (QED) is 0.242. The van der Waals surface area contributed by atoms with E-state index in [1.165, 1.54) is 36.4 Å². The lowest BCUT2D eigenvalue weighted by Crippen LogP contribution is -2.08. The minimum Gasteiger partial charge on any atom is -0.506 e. The number of benzene rings is 3. The summed E-state index contributed by atoms with van der Waals surface area (Å²) in [5.74, 6) is -0.631. The van der Waals surface area contributed by atoms with Gasteiger partial charge in [-0.15, -0.1) is 0 Å². The van der Waals surface area contributed by atoms with Crippen molar-refractivity contribution < 1.29 is 19.1 Å². The molecular weight excluding hydrogens is 486 g/mol. The first-order valence-electron chi connectivity index (χ1n) is 8.96. The number of rotatable bonds is 3. The van der Waals surface area contributed by atoms with Crippen molar-refractivity contribution in [3.05, 3.63) is 72.3 Å². The van der Waals surface area contributed by atoms with Gasteiger partial charge in [-0.1, -0.05) is 46.4 Å². The summed E-state index contributed by atoms with van der Waals surface area (Å²) in [6.07, 6.45) is 0. The molecular formula is C22H12Cl4O5. The van der Waals surface area contributed by atoms with Crippen molar-refractivity contribution in [2.75, 3.05) is 6.61 Å². The largest absolute Gasteiger partial charge is 0.506 e. The molecule has 0 atom stereocenters. The summed E-state index contributed by atoms with van der Waals surface area (Å²) in [5, 5.41) is 10.9. The van der Waals surface area contributed by atoms with E-state index in [0.29, 0.717) is 22.1 Å². The number of esters is 1. The van der Waals surface area contributed by atoms with Crippen LogP contribution in [0.3, 0.4) is 0 Å². The maximum atomic E-state index is 12.7. The van der Waals surface area contributed by atoms with Gasteiger partial charge in [-0.05, 0) is 36.8 Å². The number of phenols is 1. The normalized spacial score (nSPS) is 11.3. The molecule has 0 saturated carbocycles. The van der Waals surface area contributed by atoms with Crippen molar-refractivity contribution in [3.8, 4) is 28.2 Å². The summed E-state index contributed by atoms with van der Waals surface area (Å²) in [6, 6.07) is 8.40. The number of phenolic OH excluding ortho intramolecular Hbond substituents is 1. The van der Waals surface area contributed by atoms with Crippen LogP contribution in [-0.2, 0) is 4.74 Å². The van der Waals surface area contributed by atoms with Crippen molar-refractivity contribution in [3.63, 3.8) is 0 Å². The molecule has 0 bridgehead atoms. The maximum absolute atomic E-state index is 12.7. The molecule has 1 aliphatic carbocycles. The van der Waals surface area contributed by atoms with E-state index in [2.05, 4.69) is 0 Å². The summed E-state index contributed by atoms with van der Waals surface area (Å²) in [5.41, 5.74) is 1.20. The van der Waals surface area contributed by atoms with Crippen molar-refractivity contribution in [1.82, 2.24) is 0 Å². The molecule has 2 aromatic rings. The maximum Gasteiger partial charge on any atom is 0.338 e. The van der Waals surface area contributed by atoms with E-state index in [-0.39, 0.29) is 49.4 Å². The Kier molecular flexibility index (Phi) is 5.79. The molecule has 0 spiro atoms. The van der Waals surface area contributed by atoms with E-state index in [4.69, 9.17) is 55.6 Å². The molecule has 31 heavy (non-hydrogen) atoms. The minimum absolute atomic E-state index is 0.0362. The zero-order valence-electron chi connectivity index (χ0n) is 15.8. The number of aromatic hydroxyl groups is 1. The molecule has 2 aromatic carbocycles. The van der Waals surface area contributed by atoms with Crippen LogP contribution < -0.4 is 5.43 Å². The molecule has 1 N–H and O–H groups in total. The van der Waals surface area contributed by atoms with E-state index in [1.54, 1.807) is 6.92 Å². The SMILES string of the molecule is CCOC(=O)c1cc(Cl)c(Cl)cc1-c1c2cc(Cl)c(=O)cc-2oc2cc(O)c(Cl)cc12. The summed E-state index contributed by atoms with van der Waals surface area (Å²) in [6.45, 7) is 1.83. The number of ether oxygens (including phenoxy) is 1. The molecule has 2 aliphatic rings. The molecule has 0 saturated heterocycles. The summed E-state index contributed by atoms with van der Waals surface area (Å²) < 4.78 is 11.0. The second-order valence-corrected chi connectivity index (χ2v) is 8.22. The third kappa shape index (κ3) is 3.83. The van der Waals surface area contributed by atoms with Gasteiger partial charge in [-0.25, -0.2) is 4.79 Å². The number of hydrogen-bond donors (Lipinski definition) is 1. The Bertz CT molecular complexity index is 1390. The Morgan fingerprint density at radius 2 is 1.61 bits per heavy atom. The predicted molar refractivity (Wildman–Crippen MR) is 122 cm³/mol. The van der Waals surface area contributed by atoms with Crippen LogP contribution in [0.5, 0.6) is 5.75 Å². The van der Waals surface area contributed by atoms with Gasteiger partial charge < -0.3 is 14.3 Å². The van der Waals surface area contributed by atoms with Crippen molar-refractivity contribution >= 4 is 63.3 Å². The molecule has 5 nitrogen and oxygen atoms in total. The van der Waals surface area contributed by atoms with Crippen LogP contribution in [0.2, 0.25) is 20.1 Å². The Morgan fingerprint density at radius 1 is 0.935 bits per heavy atom. The Balaban J connectivity index is 2.22. The Hall–Kier alpha value is -2.44. The van der Waals surface area contributed by atoms with Crippen LogP contribution in [-0.4, -0.2) is 17.7 Å². The summed E-state index contributed by atoms with van der Waals surface area (Å²) in [4.78, 5) is 24.8. The molecule has 0 amide bonds. The van der Waals surface area contributed by atoms with Gasteiger partial charge in [-0.3, -0.25) is 4.79 Å². The topological polar surface area (TPSA) is 76.7 Å². The van der Waals surface area contributed by atoms with Gasteiger partial charge in [0.15, 0.2) is 0 Å². The van der Waals surface area contributed by atoms with Gasteiger partial charge in [0.1, 0.15) is 17.1 Å². The molecule has 0 radical (unpaired) electrons. The second kappa shape index (κ2) is 8.24. The third-order valence-corrected chi connectivity index (χ3v) is 5.99. The van der Waals surface area contributed by atoms with Crippen LogP contribution in [0.4, 0.5) is 0 Å². The van der Waals surface area contributed by atoms with Crippen LogP contribution >= 0.6 is 46.4 Å². The first kappa shape index (κ1) is 21.8. The lowest BCUT2D eigenvalue weighted by molar-refractivity contribution is 0.0527. The molecule has 158 valence electrons. The van der Waals surface area contributed by atoms with Crippen LogP contribution in [0.1, 0.15) is 17.3 Å². The number of halogens is 4. The lowest BCUT2D eigenvalue weighted by Gasteiger charge is -2.18. The molecule has 1 heterocycles. The highest BCUT2D eigenvalue weighted by atomic mass is 35.5. The second-order valence-electron chi connectivity index (χ2n) is 6.59. The number of carbonyl (C=O) groups excluding carboxylic acids is 1. The van der Waals surface area contributed by atoms with E-state index >= 15 is 0 Å². The fourth-order valence-electron chi connectivity index (χ4n) is 3.32. The standard InChI is InChI=1S/C22H12Cl4O5/c1-2-30-22(29)10-4-14(24)13(23)3-9(10)21-11-5-15(25)17(27)7-19(11)31-20-8-18(28)16(26)6-12(20)21/h3-8,27H,2H2,1H3. The van der Waals surface area contributed by atoms with E-state index in [0.717, 1.165) is 0 Å². The Labute approximate surface area is 196 Å². The number of fused-ring (bicyclic) bond motifs is 2. The van der Waals surface area contributed by atoms with Gasteiger partial charge in [0, 0.05) is 28.6 Å². The summed E-state index contributed by atoms with van der Waals surface area (Å²) >= 11 is 24.7. The number of hydrogen-bond acceptors (Lipinski definition) is 5. The van der Waals surface area contributed by atoms with Crippen molar-refractivity contribution in [1.29, 1.82) is 0 Å². The van der Waals surface area contributed by atoms with Gasteiger partial charge in [0.25, 0.3) is 0 Å². The van der Waals surface area contributed by atoms with Crippen molar-refractivity contribution in [2.45, 2.75) is 6.92 Å². The van der Waals surface area contributed by atoms with E-state index < -0.39 is 11.4 Å². The van der Waals surface area contributed by atoms with Crippen LogP contribution in [0.25, 0.3) is 33.4 Å². The lowest BCUT2D eigenvalue weighted by atomic mass is 9.90. The Morgan fingerprint density at radius 3 is 2.32 bits per heavy atom. The molecule has 9 heteroatoms. The zero-order chi connectivity index (χ0) is 22.4. The highest BCUT2D eigenvalue weighted by molar-refractivity contribution is 6.42. The molecule has 4 rings (SSSR count). The van der Waals surface area contributed by atoms with Gasteiger partial charge in [-0.2, -0.15) is 0 Å². The van der Waals surface area contributed by atoms with Gasteiger partial charge in [0.05, 0.1) is 32.3 Å². The first-order valence-corrected chi connectivity index (χ1v) is 10.5. The molecule has 0 fully saturated rings. The van der Waals surface area contributed by atoms with Gasteiger partial charge in [0.2, 0.25) is 5.43 Å². The average Bonchev–Trinajstić information content (AvgIpc) is 2.71. The van der Waals surface area contributed by atoms with Crippen LogP contribution in [0, 0.1) is 0 Å². The highest BCUT2D eigenvalue weighted by Gasteiger charge is 2.25. The van der Waals surface area contributed by atoms with Gasteiger partial charge >= 0.3 is 5.97 Å². The highest BCUT2D eigenvalue weighted by Crippen LogP contribution is 2.45. The molecule has 0 unspecified atom stereocenters. The third-order valence-electron chi connectivity index (χ3n) is 4.67. The first-order chi connectivity index (χ1) is 14.7. The summed E-state index contributed by atoms with van der Waals surface area (Å²) in [7, 11) is 0.